The van der Waals surface area contributed by atoms with E-state index in [-0.39, 0.29) is 31.0 Å². The van der Waals surface area contributed by atoms with Crippen molar-refractivity contribution in [2.45, 2.75) is 25.7 Å². The lowest BCUT2D eigenvalue weighted by molar-refractivity contribution is -0.137. The third-order valence-electron chi connectivity index (χ3n) is 1.84. The van der Waals surface area contributed by atoms with Crippen molar-refractivity contribution in [3.63, 3.8) is 0 Å². The number of carboxylic acid groups (broad SMARTS) is 1. The maximum absolute atomic E-state index is 11.1. The Kier molecular flexibility index (Phi) is 6.71. The van der Waals surface area contributed by atoms with E-state index < -0.39 is 15.8 Å². The van der Waals surface area contributed by atoms with Gasteiger partial charge in [0.25, 0.3) is 0 Å². The minimum Gasteiger partial charge on any atom is -0.481 e. The summed E-state index contributed by atoms with van der Waals surface area (Å²) in [6.07, 6.45) is 2.34. The summed E-state index contributed by atoms with van der Waals surface area (Å²) in [5, 5.41) is 10.8. The molecule has 0 aliphatic heterocycles. The normalized spacial score (nSPS) is 11.1. The molecule has 0 bridgehead atoms. The molecule has 0 saturated heterocycles. The van der Waals surface area contributed by atoms with Crippen molar-refractivity contribution in [2.24, 2.45) is 0 Å². The van der Waals surface area contributed by atoms with E-state index in [0.717, 1.165) is 6.26 Å². The van der Waals surface area contributed by atoms with E-state index in [9.17, 15) is 18.0 Å². The number of amides is 1. The van der Waals surface area contributed by atoms with Crippen LogP contribution in [0.5, 0.6) is 0 Å². The summed E-state index contributed by atoms with van der Waals surface area (Å²) in [5.74, 6) is -1.19. The summed E-state index contributed by atoms with van der Waals surface area (Å²) >= 11 is 0. The van der Waals surface area contributed by atoms with E-state index in [0.29, 0.717) is 12.8 Å². The quantitative estimate of drug-likeness (QED) is 0.581. The number of hydrogen-bond acceptors (Lipinski definition) is 4. The third-order valence-corrected chi connectivity index (χ3v) is 2.79. The Morgan fingerprint density at radius 2 is 1.75 bits per heavy atom. The minimum absolute atomic E-state index is 0.0522. The molecule has 0 aliphatic rings. The number of carboxylic acids is 1. The lowest BCUT2D eigenvalue weighted by Crippen LogP contribution is -2.28. The van der Waals surface area contributed by atoms with E-state index in [1.165, 1.54) is 0 Å². The maximum Gasteiger partial charge on any atom is 0.303 e. The Morgan fingerprint density at radius 3 is 2.25 bits per heavy atom. The van der Waals surface area contributed by atoms with Gasteiger partial charge in [0, 0.05) is 25.6 Å². The Bertz CT molecular complexity index is 336. The lowest BCUT2D eigenvalue weighted by Gasteiger charge is -2.03. The summed E-state index contributed by atoms with van der Waals surface area (Å²) in [5.41, 5.74) is 0. The van der Waals surface area contributed by atoms with E-state index in [4.69, 9.17) is 5.11 Å². The Morgan fingerprint density at radius 1 is 1.19 bits per heavy atom. The van der Waals surface area contributed by atoms with Gasteiger partial charge < -0.3 is 10.4 Å². The number of hydrogen-bond donors (Lipinski definition) is 2. The molecule has 1 amide bonds. The fourth-order valence-electron chi connectivity index (χ4n) is 1.03. The predicted octanol–water partition coefficient (Wildman–Crippen LogP) is -0.208. The average Bonchev–Trinajstić information content (AvgIpc) is 2.10. The van der Waals surface area contributed by atoms with Crippen molar-refractivity contribution in [3.8, 4) is 0 Å². The van der Waals surface area contributed by atoms with Crippen LogP contribution in [0.4, 0.5) is 0 Å². The van der Waals surface area contributed by atoms with Crippen LogP contribution in [0.15, 0.2) is 0 Å². The van der Waals surface area contributed by atoms with Crippen LogP contribution in [0.1, 0.15) is 25.7 Å². The fraction of sp³-hybridized carbons (Fsp3) is 0.778. The summed E-state index contributed by atoms with van der Waals surface area (Å²) < 4.78 is 21.5. The number of rotatable bonds is 8. The topological polar surface area (TPSA) is 101 Å². The Balaban J connectivity index is 3.49. The molecule has 7 heteroatoms. The number of sulfone groups is 1. The van der Waals surface area contributed by atoms with Crippen LogP contribution in [0, 0.1) is 0 Å². The van der Waals surface area contributed by atoms with Gasteiger partial charge in [-0.05, 0) is 12.8 Å². The van der Waals surface area contributed by atoms with Crippen molar-refractivity contribution in [1.29, 1.82) is 0 Å². The van der Waals surface area contributed by atoms with Gasteiger partial charge in [-0.15, -0.1) is 0 Å². The molecule has 94 valence electrons. The van der Waals surface area contributed by atoms with Gasteiger partial charge in [-0.1, -0.05) is 0 Å². The second-order valence-electron chi connectivity index (χ2n) is 3.58. The van der Waals surface area contributed by atoms with Gasteiger partial charge in [-0.3, -0.25) is 9.59 Å². The summed E-state index contributed by atoms with van der Waals surface area (Å²) in [7, 11) is -3.05. The molecule has 0 aliphatic carbocycles. The molecule has 0 saturated carbocycles. The first-order valence-corrected chi connectivity index (χ1v) is 7.03. The van der Waals surface area contributed by atoms with Gasteiger partial charge in [0.15, 0.2) is 0 Å². The van der Waals surface area contributed by atoms with Crippen LogP contribution in [-0.4, -0.2) is 44.0 Å². The van der Waals surface area contributed by atoms with Gasteiger partial charge >= 0.3 is 5.97 Å². The highest BCUT2D eigenvalue weighted by atomic mass is 32.2. The zero-order chi connectivity index (χ0) is 12.6. The molecule has 0 heterocycles. The molecule has 0 fully saturated rings. The second-order valence-corrected chi connectivity index (χ2v) is 5.84. The number of unbranched alkanes of at least 4 members (excludes halogenated alkanes) is 1. The Hall–Kier alpha value is -1.11. The molecule has 0 aromatic heterocycles. The SMILES string of the molecule is CS(=O)(=O)CCNC(=O)CCCCC(=O)O. The van der Waals surface area contributed by atoms with Crippen LogP contribution >= 0.6 is 0 Å². The molecular weight excluding hydrogens is 234 g/mol. The average molecular weight is 251 g/mol. The Labute approximate surface area is 95.0 Å². The molecule has 0 rings (SSSR count). The first-order valence-electron chi connectivity index (χ1n) is 4.97. The van der Waals surface area contributed by atoms with E-state index in [1.54, 1.807) is 0 Å². The summed E-state index contributed by atoms with van der Waals surface area (Å²) in [4.78, 5) is 21.3. The molecular formula is C9H17NO5S. The largest absolute Gasteiger partial charge is 0.481 e. The van der Waals surface area contributed by atoms with Crippen molar-refractivity contribution in [1.82, 2.24) is 5.32 Å². The van der Waals surface area contributed by atoms with Crippen LogP contribution in [-0.2, 0) is 19.4 Å². The predicted molar refractivity (Wildman–Crippen MR) is 58.8 cm³/mol. The first-order chi connectivity index (χ1) is 7.31. The van der Waals surface area contributed by atoms with E-state index in [1.807, 2.05) is 0 Å². The third kappa shape index (κ3) is 11.0. The zero-order valence-corrected chi connectivity index (χ0v) is 10.0. The van der Waals surface area contributed by atoms with Crippen molar-refractivity contribution < 1.29 is 23.1 Å². The van der Waals surface area contributed by atoms with Crippen LogP contribution in [0.3, 0.4) is 0 Å². The first kappa shape index (κ1) is 14.9. The van der Waals surface area contributed by atoms with Gasteiger partial charge in [0.1, 0.15) is 9.84 Å². The molecule has 0 spiro atoms. The summed E-state index contributed by atoms with van der Waals surface area (Å²) in [6, 6.07) is 0. The molecule has 2 N–H and O–H groups in total. The van der Waals surface area contributed by atoms with E-state index >= 15 is 0 Å². The lowest BCUT2D eigenvalue weighted by atomic mass is 10.2. The van der Waals surface area contributed by atoms with Crippen molar-refractivity contribution in [3.05, 3.63) is 0 Å². The molecule has 0 atom stereocenters. The van der Waals surface area contributed by atoms with E-state index in [2.05, 4.69) is 5.32 Å². The number of carbonyl (C=O) groups excluding carboxylic acids is 1. The highest BCUT2D eigenvalue weighted by molar-refractivity contribution is 7.90. The van der Waals surface area contributed by atoms with Crippen molar-refractivity contribution >= 4 is 21.7 Å². The van der Waals surface area contributed by atoms with Gasteiger partial charge in [-0.2, -0.15) is 0 Å². The number of nitrogens with one attached hydrogen (secondary N) is 1. The maximum atomic E-state index is 11.1. The standard InChI is InChI=1S/C9H17NO5S/c1-16(14,15)7-6-10-8(11)4-2-3-5-9(12)13/h2-7H2,1H3,(H,10,11)(H,12,13). The fourth-order valence-corrected chi connectivity index (χ4v) is 1.50. The van der Waals surface area contributed by atoms with Crippen LogP contribution < -0.4 is 5.32 Å². The highest BCUT2D eigenvalue weighted by Crippen LogP contribution is 1.99. The van der Waals surface area contributed by atoms with Gasteiger partial charge in [0.05, 0.1) is 5.75 Å². The molecule has 0 unspecified atom stereocenters. The summed E-state index contributed by atoms with van der Waals surface area (Å²) in [6.45, 7) is 0.108. The minimum atomic E-state index is -3.05. The van der Waals surface area contributed by atoms with Crippen LogP contribution in [0.2, 0.25) is 0 Å². The highest BCUT2D eigenvalue weighted by Gasteiger charge is 2.05. The molecule has 0 aromatic rings. The van der Waals surface area contributed by atoms with Crippen molar-refractivity contribution in [2.75, 3.05) is 18.6 Å². The molecule has 16 heavy (non-hydrogen) atoms. The monoisotopic (exact) mass is 251 g/mol. The molecule has 0 radical (unpaired) electrons. The van der Waals surface area contributed by atoms with Gasteiger partial charge in [0.2, 0.25) is 5.91 Å². The zero-order valence-electron chi connectivity index (χ0n) is 9.23. The number of aliphatic carboxylic acids is 1. The smallest absolute Gasteiger partial charge is 0.303 e. The molecule has 0 aromatic carbocycles. The van der Waals surface area contributed by atoms with Crippen LogP contribution in [0.25, 0.3) is 0 Å². The second kappa shape index (κ2) is 7.21. The van der Waals surface area contributed by atoms with Gasteiger partial charge in [-0.25, -0.2) is 8.42 Å². The molecule has 6 nitrogen and oxygen atoms in total. The number of carbonyl (C=O) groups is 2.